The zero-order chi connectivity index (χ0) is 40.1. The molecule has 0 spiro atoms. The van der Waals surface area contributed by atoms with E-state index in [1.165, 1.54) is 0 Å². The quantitative estimate of drug-likeness (QED) is 0.108. The Morgan fingerprint density at radius 3 is 2.24 bits per heavy atom. The summed E-state index contributed by atoms with van der Waals surface area (Å²) in [5, 5.41) is 19.8. The molecule has 13 heteroatoms. The van der Waals surface area contributed by atoms with Gasteiger partial charge in [-0.05, 0) is 95.9 Å². The topological polar surface area (TPSA) is 123 Å². The van der Waals surface area contributed by atoms with Crippen LogP contribution in [-0.4, -0.2) is 74.5 Å². The Balaban J connectivity index is 1.78. The molecule has 3 aliphatic rings. The molecule has 0 radical (unpaired) electrons. The summed E-state index contributed by atoms with van der Waals surface area (Å²) in [7, 11) is 0.870. The van der Waals surface area contributed by atoms with Gasteiger partial charge in [0.25, 0.3) is 5.88 Å². The van der Waals surface area contributed by atoms with Crippen LogP contribution in [0.1, 0.15) is 126 Å². The van der Waals surface area contributed by atoms with Crippen molar-refractivity contribution in [2.75, 3.05) is 33.9 Å². The Labute approximate surface area is 330 Å². The van der Waals surface area contributed by atoms with Gasteiger partial charge in [-0.15, -0.1) is 0 Å². The third-order valence-electron chi connectivity index (χ3n) is 11.6. The minimum Gasteiger partial charge on any atom is -0.507 e. The number of benzene rings is 1. The van der Waals surface area contributed by atoms with E-state index in [2.05, 4.69) is 67.9 Å². The number of hydrogen-bond acceptors (Lipinski definition) is 10. The highest BCUT2D eigenvalue weighted by molar-refractivity contribution is 9.10. The molecule has 54 heavy (non-hydrogen) atoms. The maximum absolute atomic E-state index is 16.5. The number of aliphatic hydroxyl groups excluding tert-OH is 1. The van der Waals surface area contributed by atoms with Gasteiger partial charge in [-0.25, -0.2) is 4.39 Å². The average Bonchev–Trinajstić information content (AvgIpc) is 3.48. The molecular weight excluding hydrogens is 773 g/mol. The summed E-state index contributed by atoms with van der Waals surface area (Å²) in [5.41, 5.74) is -0.750. The molecule has 1 aromatic heterocycles. The number of nitrogens with one attached hydrogen (secondary N) is 1. The van der Waals surface area contributed by atoms with Gasteiger partial charge in [0.15, 0.2) is 19.7 Å². The van der Waals surface area contributed by atoms with Crippen LogP contribution in [-0.2, 0) is 22.2 Å². The highest BCUT2D eigenvalue weighted by atomic mass is 79.9. The van der Waals surface area contributed by atoms with E-state index in [0.29, 0.717) is 31.1 Å². The van der Waals surface area contributed by atoms with Crippen molar-refractivity contribution in [3.8, 4) is 11.6 Å². The second kappa shape index (κ2) is 15.7. The van der Waals surface area contributed by atoms with Gasteiger partial charge < -0.3 is 28.8 Å². The fourth-order valence-corrected chi connectivity index (χ4v) is 9.88. The van der Waals surface area contributed by atoms with Gasteiger partial charge in [-0.2, -0.15) is 0 Å². The first-order valence-electron chi connectivity index (χ1n) is 19.5. The summed E-state index contributed by atoms with van der Waals surface area (Å²) < 4.78 is 42.3. The highest BCUT2D eigenvalue weighted by Gasteiger charge is 2.69. The summed E-state index contributed by atoms with van der Waals surface area (Å²) in [4.78, 5) is 33.0. The van der Waals surface area contributed by atoms with Gasteiger partial charge in [0.05, 0.1) is 29.3 Å². The van der Waals surface area contributed by atoms with Crippen LogP contribution in [0.4, 0.5) is 4.39 Å². The number of hydrogen-bond donors (Lipinski definition) is 2. The molecule has 0 saturated heterocycles. The third-order valence-corrected chi connectivity index (χ3v) is 16.9. The van der Waals surface area contributed by atoms with Crippen molar-refractivity contribution in [2.45, 2.75) is 130 Å². The number of aliphatic hydroxyl groups is 1. The second-order valence-corrected chi connectivity index (χ2v) is 23.8. The predicted molar refractivity (Wildman–Crippen MR) is 214 cm³/mol. The Kier molecular flexibility index (Phi) is 12.4. The normalized spacial score (nSPS) is 23.0. The molecule has 1 aromatic carbocycles. The lowest BCUT2D eigenvalue weighted by molar-refractivity contribution is -0.140. The molecule has 0 bridgehead atoms. The summed E-state index contributed by atoms with van der Waals surface area (Å²) in [6, 6.07) is -0.586. The number of rotatable bonds is 14. The van der Waals surface area contributed by atoms with Crippen molar-refractivity contribution in [3.63, 3.8) is 0 Å². The van der Waals surface area contributed by atoms with Gasteiger partial charge in [-0.3, -0.25) is 14.5 Å². The van der Waals surface area contributed by atoms with Gasteiger partial charge >= 0.3 is 0 Å². The Hall–Kier alpha value is -2.58. The first kappa shape index (κ1) is 42.6. The van der Waals surface area contributed by atoms with E-state index in [1.807, 2.05) is 45.9 Å². The molecule has 2 aromatic rings. The zero-order valence-corrected chi connectivity index (χ0v) is 36.9. The van der Waals surface area contributed by atoms with E-state index in [9.17, 15) is 5.11 Å². The van der Waals surface area contributed by atoms with E-state index >= 15 is 14.0 Å². The minimum absolute atomic E-state index is 0.0486. The smallest absolute Gasteiger partial charge is 0.265 e. The molecule has 0 unspecified atom stereocenters. The van der Waals surface area contributed by atoms with Crippen molar-refractivity contribution in [1.82, 2.24) is 15.4 Å². The zero-order valence-electron chi connectivity index (χ0n) is 34.4. The molecule has 3 aliphatic carbocycles. The first-order chi connectivity index (χ1) is 25.1. The van der Waals surface area contributed by atoms with Crippen LogP contribution in [0.5, 0.6) is 11.6 Å². The van der Waals surface area contributed by atoms with Crippen LogP contribution in [0.3, 0.4) is 0 Å². The van der Waals surface area contributed by atoms with E-state index in [-0.39, 0.29) is 74.0 Å². The molecule has 0 aliphatic heterocycles. The molecule has 0 amide bonds. The molecule has 4 atom stereocenters. The van der Waals surface area contributed by atoms with Crippen LogP contribution < -0.4 is 14.8 Å². The first-order valence-corrected chi connectivity index (χ1v) is 23.2. The second-order valence-electron chi connectivity index (χ2n) is 18.3. The summed E-state index contributed by atoms with van der Waals surface area (Å²) in [5.74, 6) is -2.54. The Bertz CT molecular complexity index is 1790. The maximum Gasteiger partial charge on any atom is 0.265 e. The van der Waals surface area contributed by atoms with Crippen LogP contribution in [0.25, 0.3) is 5.76 Å². The van der Waals surface area contributed by atoms with Crippen molar-refractivity contribution < 1.29 is 37.5 Å². The Morgan fingerprint density at radius 2 is 1.67 bits per heavy atom. The SMILES string of the molecule is CCCCOc1noc2c1C(=O)[C@@]1(O[Si](C)(C)C(C)(C)C)C(=O)C3=C(O)c4c(c(Br)c(F)c(CNCC(C)(C)C)c4OCCCC)C[C@H]3C[C@H]1[C@@H]2N(C)C. The van der Waals surface area contributed by atoms with Crippen molar-refractivity contribution in [1.29, 1.82) is 0 Å². The number of Topliss-reactive ketones (excluding diaryl/α,β-unsaturated/α-hetero) is 2. The fourth-order valence-electron chi connectivity index (χ4n) is 7.83. The maximum atomic E-state index is 16.5. The van der Waals surface area contributed by atoms with E-state index in [4.69, 9.17) is 18.4 Å². The summed E-state index contributed by atoms with van der Waals surface area (Å²) in [6.45, 7) is 22.0. The number of aromatic nitrogens is 1. The lowest BCUT2D eigenvalue weighted by Crippen LogP contribution is -2.68. The van der Waals surface area contributed by atoms with Gasteiger partial charge in [0.2, 0.25) is 11.6 Å². The highest BCUT2D eigenvalue weighted by Crippen LogP contribution is 2.59. The van der Waals surface area contributed by atoms with Gasteiger partial charge in [-0.1, -0.05) is 68.2 Å². The van der Waals surface area contributed by atoms with Crippen LogP contribution in [0.15, 0.2) is 14.6 Å². The summed E-state index contributed by atoms with van der Waals surface area (Å²) in [6.07, 6.45) is 3.72. The molecule has 300 valence electrons. The lowest BCUT2D eigenvalue weighted by atomic mass is 9.57. The summed E-state index contributed by atoms with van der Waals surface area (Å²) >= 11 is 3.56. The number of carbonyl (C=O) groups excluding carboxylic acids is 2. The lowest BCUT2D eigenvalue weighted by Gasteiger charge is -2.55. The van der Waals surface area contributed by atoms with Crippen LogP contribution in [0.2, 0.25) is 18.1 Å². The predicted octanol–water partition coefficient (Wildman–Crippen LogP) is 9.36. The van der Waals surface area contributed by atoms with Gasteiger partial charge in [0.1, 0.15) is 22.9 Å². The fraction of sp³-hybridized carbons (Fsp3) is 0.683. The number of halogens is 2. The molecular formula is C41H61BrFN3O7Si. The molecule has 1 fully saturated rings. The number of carbonyl (C=O) groups is 2. The molecule has 10 nitrogen and oxygen atoms in total. The van der Waals surface area contributed by atoms with E-state index in [1.54, 1.807) is 0 Å². The molecule has 5 rings (SSSR count). The van der Waals surface area contributed by atoms with Crippen LogP contribution >= 0.6 is 15.9 Å². The number of ether oxygens (including phenoxy) is 2. The average molecular weight is 835 g/mol. The molecule has 1 saturated carbocycles. The monoisotopic (exact) mass is 833 g/mol. The molecule has 2 N–H and O–H groups in total. The van der Waals surface area contributed by atoms with Gasteiger partial charge in [0, 0.05) is 30.1 Å². The number of nitrogens with zero attached hydrogens (tertiary/aromatic N) is 2. The number of fused-ring (bicyclic) bond motifs is 4. The molecule has 1 heterocycles. The van der Waals surface area contributed by atoms with Crippen LogP contribution in [0, 0.1) is 23.1 Å². The number of ketones is 2. The van der Waals surface area contributed by atoms with E-state index < -0.39 is 49.2 Å². The largest absolute Gasteiger partial charge is 0.507 e. The number of unbranched alkanes of at least 4 members (excludes halogenated alkanes) is 2. The van der Waals surface area contributed by atoms with Crippen molar-refractivity contribution >= 4 is 41.6 Å². The van der Waals surface area contributed by atoms with Crippen molar-refractivity contribution in [2.24, 2.45) is 17.3 Å². The minimum atomic E-state index is -2.89. The van der Waals surface area contributed by atoms with Crippen molar-refractivity contribution in [3.05, 3.63) is 43.9 Å². The van der Waals surface area contributed by atoms with E-state index in [0.717, 1.165) is 25.7 Å². The standard InChI is InChI=1S/C41H61BrFN3O7Si/c1-13-15-17-50-34-25(21-44-22-39(3,4)5)31(43)30(42)24-19-23-20-26-32(46(9)10)35-29(38(45-52-35)51-18-16-14-2)37(49)41(26,53-54(11,12)40(6,7)8)36(48)27(23)33(47)28(24)34/h23,26,32,44,47H,13-22H2,1-12H3/t23-,26-,32-,41-/m0/s1. The third kappa shape index (κ3) is 7.48. The Morgan fingerprint density at radius 1 is 1.04 bits per heavy atom.